The van der Waals surface area contributed by atoms with Gasteiger partial charge in [0.25, 0.3) is 0 Å². The van der Waals surface area contributed by atoms with E-state index in [0.717, 1.165) is 25.7 Å². The molecule has 6 heteroatoms. The van der Waals surface area contributed by atoms with Crippen LogP contribution in [0.15, 0.2) is 5.11 Å². The molecule has 0 fully saturated rings. The fourth-order valence-corrected chi connectivity index (χ4v) is 1.68. The fraction of sp³-hybridized carbons (Fsp3) is 0.917. The Morgan fingerprint density at radius 3 is 2.56 bits per heavy atom. The highest BCUT2D eigenvalue weighted by molar-refractivity contribution is 5.76. The number of aliphatic hydroxyl groups excluding tert-OH is 1. The van der Waals surface area contributed by atoms with Gasteiger partial charge < -0.3 is 9.84 Å². The van der Waals surface area contributed by atoms with E-state index in [1.807, 2.05) is 0 Å². The first-order valence-corrected chi connectivity index (χ1v) is 6.56. The van der Waals surface area contributed by atoms with Crippen LogP contribution in [0, 0.1) is 0 Å². The smallest absolute Gasteiger partial charge is 0.317 e. The third-order valence-corrected chi connectivity index (χ3v) is 2.67. The Balaban J connectivity index is 4.10. The van der Waals surface area contributed by atoms with Crippen molar-refractivity contribution in [3.63, 3.8) is 0 Å². The zero-order valence-electron chi connectivity index (χ0n) is 11.2. The van der Waals surface area contributed by atoms with Crippen molar-refractivity contribution in [2.75, 3.05) is 6.61 Å². The molecule has 0 amide bonds. The zero-order valence-corrected chi connectivity index (χ0v) is 11.2. The highest BCUT2D eigenvalue weighted by Crippen LogP contribution is 2.12. The first kappa shape index (κ1) is 16.7. The molecule has 0 radical (unpaired) electrons. The lowest BCUT2D eigenvalue weighted by Gasteiger charge is -2.16. The number of unbranched alkanes of at least 4 members (excludes halogenated alkanes) is 4. The van der Waals surface area contributed by atoms with Crippen molar-refractivity contribution in [1.82, 2.24) is 0 Å². The maximum absolute atomic E-state index is 11.5. The Bertz CT molecular complexity index is 278. The predicted molar refractivity (Wildman–Crippen MR) is 68.9 cm³/mol. The van der Waals surface area contributed by atoms with E-state index in [4.69, 9.17) is 10.3 Å². The summed E-state index contributed by atoms with van der Waals surface area (Å²) in [5.74, 6) is -0.656. The summed E-state index contributed by atoms with van der Waals surface area (Å²) in [6, 6.07) is -1.12. The molecule has 104 valence electrons. The second-order valence-electron chi connectivity index (χ2n) is 4.17. The number of rotatable bonds is 10. The van der Waals surface area contributed by atoms with E-state index in [2.05, 4.69) is 16.9 Å². The minimum Gasteiger partial charge on any atom is -0.466 e. The van der Waals surface area contributed by atoms with E-state index in [1.54, 1.807) is 6.92 Å². The van der Waals surface area contributed by atoms with Crippen LogP contribution < -0.4 is 0 Å². The highest BCUT2D eigenvalue weighted by atomic mass is 16.5. The van der Waals surface area contributed by atoms with Crippen molar-refractivity contribution in [2.24, 2.45) is 5.11 Å². The normalized spacial score (nSPS) is 13.5. The van der Waals surface area contributed by atoms with Crippen molar-refractivity contribution >= 4 is 5.97 Å². The molecule has 0 aromatic carbocycles. The molecule has 6 nitrogen and oxygen atoms in total. The van der Waals surface area contributed by atoms with Crippen LogP contribution in [0.4, 0.5) is 0 Å². The molecule has 0 aromatic heterocycles. The van der Waals surface area contributed by atoms with Gasteiger partial charge in [0.2, 0.25) is 0 Å². The number of aliphatic hydroxyl groups is 1. The first-order chi connectivity index (χ1) is 8.67. The molecule has 0 saturated carbocycles. The van der Waals surface area contributed by atoms with Crippen LogP contribution in [-0.4, -0.2) is 29.8 Å². The predicted octanol–water partition coefficient (Wildman–Crippen LogP) is 2.95. The van der Waals surface area contributed by atoms with Crippen molar-refractivity contribution < 1.29 is 14.6 Å². The number of hydrogen-bond donors (Lipinski definition) is 1. The van der Waals surface area contributed by atoms with Gasteiger partial charge in [0.05, 0.1) is 12.7 Å². The topological polar surface area (TPSA) is 95.3 Å². The van der Waals surface area contributed by atoms with Crippen molar-refractivity contribution in [3.8, 4) is 0 Å². The SMILES string of the molecule is CCCCCCC[C@H](O)[C@H](N=[N+]=[N-])C(=O)OCC. The Labute approximate surface area is 108 Å². The van der Waals surface area contributed by atoms with Gasteiger partial charge in [-0.2, -0.15) is 0 Å². The monoisotopic (exact) mass is 257 g/mol. The summed E-state index contributed by atoms with van der Waals surface area (Å²) >= 11 is 0. The zero-order chi connectivity index (χ0) is 13.8. The molecule has 0 bridgehead atoms. The van der Waals surface area contributed by atoms with Gasteiger partial charge in [-0.15, -0.1) is 0 Å². The van der Waals surface area contributed by atoms with Crippen molar-refractivity contribution in [1.29, 1.82) is 0 Å². The Morgan fingerprint density at radius 2 is 2.00 bits per heavy atom. The lowest BCUT2D eigenvalue weighted by molar-refractivity contribution is -0.147. The quantitative estimate of drug-likeness (QED) is 0.214. The maximum Gasteiger partial charge on any atom is 0.317 e. The summed E-state index contributed by atoms with van der Waals surface area (Å²) in [5, 5.41) is 13.1. The molecular weight excluding hydrogens is 234 g/mol. The summed E-state index contributed by atoms with van der Waals surface area (Å²) in [5.41, 5.74) is 8.38. The summed E-state index contributed by atoms with van der Waals surface area (Å²) < 4.78 is 4.76. The summed E-state index contributed by atoms with van der Waals surface area (Å²) in [6.07, 6.45) is 4.78. The molecule has 0 heterocycles. The van der Waals surface area contributed by atoms with Gasteiger partial charge >= 0.3 is 5.97 Å². The average Bonchev–Trinajstić information content (AvgIpc) is 2.35. The lowest BCUT2D eigenvalue weighted by atomic mass is 10.0. The van der Waals surface area contributed by atoms with Gasteiger partial charge in [-0.1, -0.05) is 44.1 Å². The molecule has 18 heavy (non-hydrogen) atoms. The van der Waals surface area contributed by atoms with E-state index in [1.165, 1.54) is 6.42 Å². The molecular formula is C12H23N3O3. The van der Waals surface area contributed by atoms with Crippen LogP contribution in [0.5, 0.6) is 0 Å². The highest BCUT2D eigenvalue weighted by Gasteiger charge is 2.26. The van der Waals surface area contributed by atoms with Gasteiger partial charge in [-0.25, -0.2) is 0 Å². The molecule has 0 aliphatic rings. The molecule has 0 aromatic rings. The van der Waals surface area contributed by atoms with E-state index in [9.17, 15) is 9.90 Å². The number of azide groups is 1. The number of nitrogens with zero attached hydrogens (tertiary/aromatic N) is 3. The van der Waals surface area contributed by atoms with Gasteiger partial charge in [0.15, 0.2) is 6.04 Å². The molecule has 0 aliphatic carbocycles. The van der Waals surface area contributed by atoms with E-state index in [-0.39, 0.29) is 6.61 Å². The van der Waals surface area contributed by atoms with E-state index >= 15 is 0 Å². The number of esters is 1. The lowest BCUT2D eigenvalue weighted by Crippen LogP contribution is -2.33. The van der Waals surface area contributed by atoms with Crippen LogP contribution in [0.25, 0.3) is 10.4 Å². The van der Waals surface area contributed by atoms with Crippen LogP contribution in [0.3, 0.4) is 0 Å². The fourth-order valence-electron chi connectivity index (χ4n) is 1.68. The minimum absolute atomic E-state index is 0.208. The first-order valence-electron chi connectivity index (χ1n) is 6.56. The summed E-state index contributed by atoms with van der Waals surface area (Å²) in [7, 11) is 0. The van der Waals surface area contributed by atoms with Crippen LogP contribution in [-0.2, 0) is 9.53 Å². The minimum atomic E-state index is -1.12. The number of hydrogen-bond acceptors (Lipinski definition) is 4. The molecule has 1 N–H and O–H groups in total. The molecule has 2 atom stereocenters. The van der Waals surface area contributed by atoms with Gasteiger partial charge in [0.1, 0.15) is 0 Å². The largest absolute Gasteiger partial charge is 0.466 e. The number of carbonyl (C=O) groups excluding carboxylic acids is 1. The van der Waals surface area contributed by atoms with Gasteiger partial charge in [-0.05, 0) is 18.9 Å². The number of ether oxygens (including phenoxy) is 1. The van der Waals surface area contributed by atoms with E-state index in [0.29, 0.717) is 6.42 Å². The molecule has 0 unspecified atom stereocenters. The maximum atomic E-state index is 11.5. The Hall–Kier alpha value is -1.26. The standard InChI is InChI=1S/C12H23N3O3/c1-3-5-6-7-8-9-10(16)11(14-15-13)12(17)18-4-2/h10-11,16H,3-9H2,1-2H3/t10-,11-/m0/s1. The van der Waals surface area contributed by atoms with Crippen LogP contribution >= 0.6 is 0 Å². The van der Waals surface area contributed by atoms with Gasteiger partial charge in [0, 0.05) is 4.91 Å². The molecule has 0 saturated heterocycles. The van der Waals surface area contributed by atoms with Crippen LogP contribution in [0.1, 0.15) is 52.4 Å². The number of carbonyl (C=O) groups is 1. The molecule has 0 spiro atoms. The molecule has 0 aliphatic heterocycles. The van der Waals surface area contributed by atoms with Gasteiger partial charge in [-0.3, -0.25) is 4.79 Å². The summed E-state index contributed by atoms with van der Waals surface area (Å²) in [6.45, 7) is 4.01. The second kappa shape index (κ2) is 10.9. The Morgan fingerprint density at radius 1 is 1.33 bits per heavy atom. The van der Waals surface area contributed by atoms with Crippen molar-refractivity contribution in [2.45, 2.75) is 64.5 Å². The van der Waals surface area contributed by atoms with Crippen molar-refractivity contribution in [3.05, 3.63) is 10.4 Å². The van der Waals surface area contributed by atoms with E-state index < -0.39 is 18.1 Å². The molecule has 0 rings (SSSR count). The van der Waals surface area contributed by atoms with Crippen LogP contribution in [0.2, 0.25) is 0 Å². The average molecular weight is 257 g/mol. The Kier molecular flexibility index (Phi) is 10.1. The summed E-state index contributed by atoms with van der Waals surface area (Å²) in [4.78, 5) is 14.0. The second-order valence-corrected chi connectivity index (χ2v) is 4.17. The third kappa shape index (κ3) is 7.14. The third-order valence-electron chi connectivity index (χ3n) is 2.67.